The van der Waals surface area contributed by atoms with Crippen molar-refractivity contribution in [3.63, 3.8) is 0 Å². The number of benzene rings is 1. The lowest BCUT2D eigenvalue weighted by atomic mass is 10.0. The number of aliphatic carboxylic acids is 1. The number of nitrogens with one attached hydrogen (secondary N) is 1. The summed E-state index contributed by atoms with van der Waals surface area (Å²) in [7, 11) is 0. The van der Waals surface area contributed by atoms with Crippen molar-refractivity contribution < 1.29 is 19.1 Å². The fourth-order valence-corrected chi connectivity index (χ4v) is 2.78. The Morgan fingerprint density at radius 2 is 1.95 bits per heavy atom. The molecule has 1 aromatic carbocycles. The van der Waals surface area contributed by atoms with E-state index in [9.17, 15) is 14.0 Å². The molecule has 4 nitrogen and oxygen atoms in total. The van der Waals surface area contributed by atoms with E-state index >= 15 is 0 Å². The van der Waals surface area contributed by atoms with Gasteiger partial charge in [0, 0.05) is 5.38 Å². The number of hydrogen-bond acceptors (Lipinski definition) is 3. The largest absolute Gasteiger partial charge is 0.481 e. The van der Waals surface area contributed by atoms with E-state index < -0.39 is 17.8 Å². The Balaban J connectivity index is 2.20. The molecule has 1 atom stereocenters. The quantitative estimate of drug-likeness (QED) is 0.892. The van der Waals surface area contributed by atoms with Crippen LogP contribution in [0.2, 0.25) is 0 Å². The monoisotopic (exact) mass is 307 g/mol. The molecule has 0 spiro atoms. The van der Waals surface area contributed by atoms with Crippen molar-refractivity contribution in [2.24, 2.45) is 0 Å². The van der Waals surface area contributed by atoms with Gasteiger partial charge in [-0.25, -0.2) is 4.39 Å². The molecule has 0 aliphatic rings. The third-order valence-electron chi connectivity index (χ3n) is 3.06. The van der Waals surface area contributed by atoms with Crippen LogP contribution in [0.1, 0.15) is 33.9 Å². The van der Waals surface area contributed by atoms with Crippen molar-refractivity contribution in [1.29, 1.82) is 0 Å². The molecule has 1 aromatic heterocycles. The first kappa shape index (κ1) is 15.2. The summed E-state index contributed by atoms with van der Waals surface area (Å²) in [6, 6.07) is 4.74. The van der Waals surface area contributed by atoms with Gasteiger partial charge in [0.1, 0.15) is 5.82 Å². The summed E-state index contributed by atoms with van der Waals surface area (Å²) in [6.07, 6.45) is -0.263. The van der Waals surface area contributed by atoms with Crippen LogP contribution >= 0.6 is 11.3 Å². The summed E-state index contributed by atoms with van der Waals surface area (Å²) in [5.74, 6) is -1.77. The van der Waals surface area contributed by atoms with Crippen LogP contribution < -0.4 is 5.32 Å². The molecule has 0 saturated carbocycles. The van der Waals surface area contributed by atoms with Crippen LogP contribution in [-0.2, 0) is 4.79 Å². The van der Waals surface area contributed by atoms with Gasteiger partial charge in [-0.3, -0.25) is 9.59 Å². The van der Waals surface area contributed by atoms with Crippen LogP contribution in [0.5, 0.6) is 0 Å². The topological polar surface area (TPSA) is 66.4 Å². The van der Waals surface area contributed by atoms with Gasteiger partial charge in [-0.2, -0.15) is 11.3 Å². The normalized spacial score (nSPS) is 11.9. The smallest absolute Gasteiger partial charge is 0.305 e. The van der Waals surface area contributed by atoms with E-state index in [2.05, 4.69) is 5.32 Å². The van der Waals surface area contributed by atoms with Crippen LogP contribution in [0.4, 0.5) is 4.39 Å². The van der Waals surface area contributed by atoms with Gasteiger partial charge in [0.25, 0.3) is 5.91 Å². The van der Waals surface area contributed by atoms with Crippen molar-refractivity contribution in [2.75, 3.05) is 0 Å². The van der Waals surface area contributed by atoms with Gasteiger partial charge < -0.3 is 10.4 Å². The van der Waals surface area contributed by atoms with Crippen molar-refractivity contribution in [3.05, 3.63) is 57.5 Å². The summed E-state index contributed by atoms with van der Waals surface area (Å²) in [4.78, 5) is 23.1. The Labute approximate surface area is 125 Å². The molecule has 0 saturated heterocycles. The van der Waals surface area contributed by atoms with E-state index in [1.54, 1.807) is 5.38 Å². The summed E-state index contributed by atoms with van der Waals surface area (Å²) in [5, 5.41) is 15.2. The zero-order chi connectivity index (χ0) is 15.4. The minimum absolute atomic E-state index is 0.263. The molecule has 21 heavy (non-hydrogen) atoms. The molecule has 0 bridgehead atoms. The van der Waals surface area contributed by atoms with E-state index in [-0.39, 0.29) is 12.3 Å². The predicted octanol–water partition coefficient (Wildman–Crippen LogP) is 3.14. The average Bonchev–Trinajstić information content (AvgIpc) is 2.84. The summed E-state index contributed by atoms with van der Waals surface area (Å²) in [6.45, 7) is 1.81. The maximum Gasteiger partial charge on any atom is 0.305 e. The van der Waals surface area contributed by atoms with E-state index in [1.165, 1.54) is 35.6 Å². The molecule has 0 aliphatic carbocycles. The third kappa shape index (κ3) is 3.88. The molecule has 2 rings (SSSR count). The molecular weight excluding hydrogens is 293 g/mol. The van der Waals surface area contributed by atoms with Gasteiger partial charge in [0.05, 0.1) is 18.0 Å². The number of thiophene rings is 1. The highest BCUT2D eigenvalue weighted by Gasteiger charge is 2.20. The summed E-state index contributed by atoms with van der Waals surface area (Å²) in [5.41, 5.74) is 1.92. The second-order valence-electron chi connectivity index (χ2n) is 4.64. The number of amides is 1. The Bertz CT molecular complexity index is 651. The van der Waals surface area contributed by atoms with E-state index in [1.807, 2.05) is 12.3 Å². The molecule has 2 N–H and O–H groups in total. The third-order valence-corrected chi connectivity index (χ3v) is 3.92. The van der Waals surface area contributed by atoms with E-state index in [0.717, 1.165) is 5.56 Å². The van der Waals surface area contributed by atoms with Crippen LogP contribution in [0.25, 0.3) is 0 Å². The van der Waals surface area contributed by atoms with Crippen LogP contribution in [-0.4, -0.2) is 17.0 Å². The Kier molecular flexibility index (Phi) is 4.70. The highest BCUT2D eigenvalue weighted by Crippen LogP contribution is 2.20. The summed E-state index contributed by atoms with van der Waals surface area (Å²) >= 11 is 1.41. The van der Waals surface area contributed by atoms with Crippen molar-refractivity contribution >= 4 is 23.2 Å². The Morgan fingerprint density at radius 3 is 2.48 bits per heavy atom. The Hall–Kier alpha value is -2.21. The molecule has 6 heteroatoms. The molecule has 0 aliphatic heterocycles. The maximum atomic E-state index is 12.9. The summed E-state index contributed by atoms with van der Waals surface area (Å²) < 4.78 is 12.9. The van der Waals surface area contributed by atoms with E-state index in [4.69, 9.17) is 5.11 Å². The number of carboxylic acids is 1. The standard InChI is InChI=1S/C15H14FNO3S/c1-9-7-21-8-12(9)15(20)17-13(6-14(18)19)10-2-4-11(16)5-3-10/h2-5,7-8,13H,6H2,1H3,(H,17,20)(H,18,19)/t13-/m1/s1. The number of halogens is 1. The lowest BCUT2D eigenvalue weighted by molar-refractivity contribution is -0.137. The SMILES string of the molecule is Cc1cscc1C(=O)N[C@H](CC(=O)O)c1ccc(F)cc1. The van der Waals surface area contributed by atoms with Crippen LogP contribution in [0.15, 0.2) is 35.0 Å². The molecule has 0 unspecified atom stereocenters. The molecule has 1 heterocycles. The predicted molar refractivity (Wildman–Crippen MR) is 77.9 cm³/mol. The van der Waals surface area contributed by atoms with Gasteiger partial charge >= 0.3 is 5.97 Å². The number of carboxylic acid groups (broad SMARTS) is 1. The van der Waals surface area contributed by atoms with Gasteiger partial charge in [-0.1, -0.05) is 12.1 Å². The number of rotatable bonds is 5. The Morgan fingerprint density at radius 1 is 1.29 bits per heavy atom. The molecule has 0 fully saturated rings. The zero-order valence-electron chi connectivity index (χ0n) is 11.3. The highest BCUT2D eigenvalue weighted by molar-refractivity contribution is 7.08. The first-order valence-electron chi connectivity index (χ1n) is 6.28. The minimum Gasteiger partial charge on any atom is -0.481 e. The number of aryl methyl sites for hydroxylation is 1. The van der Waals surface area contributed by atoms with Gasteiger partial charge in [0.15, 0.2) is 0 Å². The van der Waals surface area contributed by atoms with Gasteiger partial charge in [-0.05, 0) is 35.6 Å². The maximum absolute atomic E-state index is 12.9. The highest BCUT2D eigenvalue weighted by atomic mass is 32.1. The zero-order valence-corrected chi connectivity index (χ0v) is 12.1. The molecule has 110 valence electrons. The van der Waals surface area contributed by atoms with E-state index in [0.29, 0.717) is 11.1 Å². The fourth-order valence-electron chi connectivity index (χ4n) is 1.95. The number of carbonyl (C=O) groups is 2. The fraction of sp³-hybridized carbons (Fsp3) is 0.200. The second-order valence-corrected chi connectivity index (χ2v) is 5.39. The van der Waals surface area contributed by atoms with Gasteiger partial charge in [-0.15, -0.1) is 0 Å². The second kappa shape index (κ2) is 6.49. The minimum atomic E-state index is -1.04. The molecular formula is C15H14FNO3S. The number of hydrogen-bond donors (Lipinski definition) is 2. The first-order valence-corrected chi connectivity index (χ1v) is 7.22. The van der Waals surface area contributed by atoms with Crippen molar-refractivity contribution in [3.8, 4) is 0 Å². The lowest BCUT2D eigenvalue weighted by Gasteiger charge is -2.17. The molecule has 2 aromatic rings. The lowest BCUT2D eigenvalue weighted by Crippen LogP contribution is -2.30. The average molecular weight is 307 g/mol. The van der Waals surface area contributed by atoms with Crippen LogP contribution in [0, 0.1) is 12.7 Å². The van der Waals surface area contributed by atoms with Crippen molar-refractivity contribution in [1.82, 2.24) is 5.32 Å². The van der Waals surface area contributed by atoms with Crippen molar-refractivity contribution in [2.45, 2.75) is 19.4 Å². The molecule has 1 amide bonds. The number of carbonyl (C=O) groups excluding carboxylic acids is 1. The first-order chi connectivity index (χ1) is 9.97. The van der Waals surface area contributed by atoms with Crippen LogP contribution in [0.3, 0.4) is 0 Å². The molecule has 0 radical (unpaired) electrons. The van der Waals surface area contributed by atoms with Gasteiger partial charge in [0.2, 0.25) is 0 Å².